The van der Waals surface area contributed by atoms with Crippen molar-refractivity contribution in [3.05, 3.63) is 47.7 Å². The molecule has 2 aliphatic heterocycles. The SMILES string of the molecule is C=CCn1c2c(c3cc(C(=O)N4CCC(C)CC4)ccc31)CNCC2.Cl. The Morgan fingerprint density at radius 3 is 2.85 bits per heavy atom. The molecule has 0 aliphatic carbocycles. The highest BCUT2D eigenvalue weighted by molar-refractivity contribution is 5.99. The molecule has 2 aromatic rings. The molecule has 2 aliphatic rings. The summed E-state index contributed by atoms with van der Waals surface area (Å²) in [6, 6.07) is 6.24. The molecule has 1 aromatic heterocycles. The van der Waals surface area contributed by atoms with Crippen molar-refractivity contribution < 1.29 is 4.79 Å². The zero-order chi connectivity index (χ0) is 17.4. The van der Waals surface area contributed by atoms with Gasteiger partial charge in [-0.3, -0.25) is 4.79 Å². The summed E-state index contributed by atoms with van der Waals surface area (Å²) in [4.78, 5) is 15.0. The number of fused-ring (bicyclic) bond motifs is 3. The van der Waals surface area contributed by atoms with E-state index in [1.165, 1.54) is 22.2 Å². The van der Waals surface area contributed by atoms with E-state index in [0.717, 1.165) is 63.5 Å². The van der Waals surface area contributed by atoms with Gasteiger partial charge in [0.25, 0.3) is 5.91 Å². The summed E-state index contributed by atoms with van der Waals surface area (Å²) in [5, 5.41) is 4.69. The Hall–Kier alpha value is -1.78. The van der Waals surface area contributed by atoms with E-state index in [2.05, 4.69) is 35.5 Å². The van der Waals surface area contributed by atoms with Crippen LogP contribution in [0, 0.1) is 5.92 Å². The summed E-state index contributed by atoms with van der Waals surface area (Å²) >= 11 is 0. The van der Waals surface area contributed by atoms with Gasteiger partial charge in [-0.05, 0) is 42.5 Å². The number of likely N-dealkylation sites (tertiary alicyclic amines) is 1. The molecule has 0 radical (unpaired) electrons. The van der Waals surface area contributed by atoms with Gasteiger partial charge < -0.3 is 14.8 Å². The average molecular weight is 374 g/mol. The standard InChI is InChI=1S/C21H27N3O.ClH/c1-3-10-24-19-5-4-16(21(25)23-11-7-15(2)8-12-23)13-17(19)18-14-22-9-6-20(18)24;/h3-5,13,15,22H,1,6-12,14H2,2H3;1H. The number of piperidine rings is 1. The molecule has 4 nitrogen and oxygen atoms in total. The van der Waals surface area contributed by atoms with Crippen molar-refractivity contribution in [2.45, 2.75) is 39.3 Å². The summed E-state index contributed by atoms with van der Waals surface area (Å²) in [6.45, 7) is 10.7. The number of nitrogens with zero attached hydrogens (tertiary/aromatic N) is 2. The predicted octanol–water partition coefficient (Wildman–Crippen LogP) is 3.77. The van der Waals surface area contributed by atoms with Crippen molar-refractivity contribution in [1.82, 2.24) is 14.8 Å². The molecule has 0 unspecified atom stereocenters. The van der Waals surface area contributed by atoms with Crippen LogP contribution in [-0.2, 0) is 19.5 Å². The number of carbonyl (C=O) groups is 1. The van der Waals surface area contributed by atoms with E-state index in [0.29, 0.717) is 0 Å². The Kier molecular flexibility index (Phi) is 5.73. The first kappa shape index (κ1) is 19.0. The molecule has 1 N–H and O–H groups in total. The van der Waals surface area contributed by atoms with E-state index in [4.69, 9.17) is 0 Å². The van der Waals surface area contributed by atoms with Crippen LogP contribution in [0.5, 0.6) is 0 Å². The lowest BCUT2D eigenvalue weighted by Crippen LogP contribution is -2.37. The van der Waals surface area contributed by atoms with Gasteiger partial charge in [0, 0.05) is 61.3 Å². The van der Waals surface area contributed by atoms with E-state index < -0.39 is 0 Å². The first-order valence-corrected chi connectivity index (χ1v) is 9.44. The Balaban J connectivity index is 0.00000196. The molecule has 26 heavy (non-hydrogen) atoms. The van der Waals surface area contributed by atoms with Crippen molar-refractivity contribution in [1.29, 1.82) is 0 Å². The minimum Gasteiger partial charge on any atom is -0.340 e. The smallest absolute Gasteiger partial charge is 0.253 e. The van der Waals surface area contributed by atoms with Crippen LogP contribution in [0.3, 0.4) is 0 Å². The third-order valence-electron chi connectivity index (χ3n) is 5.76. The topological polar surface area (TPSA) is 37.3 Å². The van der Waals surface area contributed by atoms with E-state index in [9.17, 15) is 4.79 Å². The maximum absolute atomic E-state index is 12.9. The van der Waals surface area contributed by atoms with Crippen LogP contribution in [0.2, 0.25) is 0 Å². The molecule has 1 fully saturated rings. The van der Waals surface area contributed by atoms with Crippen LogP contribution in [-0.4, -0.2) is 35.0 Å². The van der Waals surface area contributed by atoms with E-state index >= 15 is 0 Å². The summed E-state index contributed by atoms with van der Waals surface area (Å²) in [6.07, 6.45) is 5.22. The Morgan fingerprint density at radius 2 is 2.12 bits per heavy atom. The van der Waals surface area contributed by atoms with E-state index in [1.807, 2.05) is 17.0 Å². The molecule has 1 amide bonds. The lowest BCUT2D eigenvalue weighted by Gasteiger charge is -2.30. The second kappa shape index (κ2) is 7.85. The molecule has 1 saturated heterocycles. The summed E-state index contributed by atoms with van der Waals surface area (Å²) in [7, 11) is 0. The zero-order valence-corrected chi connectivity index (χ0v) is 16.3. The lowest BCUT2D eigenvalue weighted by atomic mass is 9.98. The summed E-state index contributed by atoms with van der Waals surface area (Å²) in [5.41, 5.74) is 4.79. The molecule has 1 aromatic carbocycles. The number of carbonyl (C=O) groups excluding carboxylic acids is 1. The fraction of sp³-hybridized carbons (Fsp3) is 0.476. The van der Waals surface area contributed by atoms with Gasteiger partial charge in [-0.2, -0.15) is 0 Å². The number of rotatable bonds is 3. The number of amides is 1. The van der Waals surface area contributed by atoms with Crippen molar-refractivity contribution in [3.8, 4) is 0 Å². The highest BCUT2D eigenvalue weighted by Gasteiger charge is 2.24. The Labute approximate surface area is 161 Å². The van der Waals surface area contributed by atoms with Gasteiger partial charge in [-0.1, -0.05) is 13.0 Å². The van der Waals surface area contributed by atoms with Crippen LogP contribution in [0.15, 0.2) is 30.9 Å². The van der Waals surface area contributed by atoms with Gasteiger partial charge in [0.2, 0.25) is 0 Å². The third kappa shape index (κ3) is 3.28. The second-order valence-electron chi connectivity index (χ2n) is 7.46. The molecular weight excluding hydrogens is 346 g/mol. The number of aromatic nitrogens is 1. The first-order valence-electron chi connectivity index (χ1n) is 9.44. The van der Waals surface area contributed by atoms with Crippen molar-refractivity contribution >= 4 is 29.2 Å². The van der Waals surface area contributed by atoms with Crippen LogP contribution in [0.25, 0.3) is 10.9 Å². The van der Waals surface area contributed by atoms with Gasteiger partial charge >= 0.3 is 0 Å². The molecule has 4 rings (SSSR count). The minimum atomic E-state index is 0. The fourth-order valence-corrected chi connectivity index (χ4v) is 4.25. The quantitative estimate of drug-likeness (QED) is 0.831. The average Bonchev–Trinajstić information content (AvgIpc) is 2.96. The van der Waals surface area contributed by atoms with Crippen LogP contribution in [0.1, 0.15) is 41.4 Å². The number of halogens is 1. The third-order valence-corrected chi connectivity index (χ3v) is 5.76. The first-order chi connectivity index (χ1) is 12.2. The van der Waals surface area contributed by atoms with Gasteiger partial charge in [-0.15, -0.1) is 19.0 Å². The normalized spacial score (nSPS) is 17.7. The van der Waals surface area contributed by atoms with Crippen LogP contribution >= 0.6 is 12.4 Å². The molecule has 0 atom stereocenters. The zero-order valence-electron chi connectivity index (χ0n) is 15.5. The molecule has 5 heteroatoms. The maximum atomic E-state index is 12.9. The molecule has 3 heterocycles. The van der Waals surface area contributed by atoms with E-state index in [-0.39, 0.29) is 18.3 Å². The number of benzene rings is 1. The van der Waals surface area contributed by atoms with Gasteiger partial charge in [0.15, 0.2) is 0 Å². The summed E-state index contributed by atoms with van der Waals surface area (Å²) < 4.78 is 2.36. The lowest BCUT2D eigenvalue weighted by molar-refractivity contribution is 0.0697. The fourth-order valence-electron chi connectivity index (χ4n) is 4.25. The minimum absolute atomic E-state index is 0. The molecule has 140 valence electrons. The van der Waals surface area contributed by atoms with Crippen LogP contribution in [0.4, 0.5) is 0 Å². The maximum Gasteiger partial charge on any atom is 0.253 e. The number of hydrogen-bond donors (Lipinski definition) is 1. The number of allylic oxidation sites excluding steroid dienone is 1. The van der Waals surface area contributed by atoms with Crippen molar-refractivity contribution in [2.24, 2.45) is 5.92 Å². The highest BCUT2D eigenvalue weighted by Crippen LogP contribution is 2.30. The van der Waals surface area contributed by atoms with Gasteiger partial charge in [0.1, 0.15) is 0 Å². The predicted molar refractivity (Wildman–Crippen MR) is 109 cm³/mol. The second-order valence-corrected chi connectivity index (χ2v) is 7.46. The molecule has 0 spiro atoms. The number of hydrogen-bond acceptors (Lipinski definition) is 2. The van der Waals surface area contributed by atoms with E-state index in [1.54, 1.807) is 0 Å². The monoisotopic (exact) mass is 373 g/mol. The highest BCUT2D eigenvalue weighted by atomic mass is 35.5. The molecule has 0 bridgehead atoms. The number of nitrogens with one attached hydrogen (secondary N) is 1. The molecule has 0 saturated carbocycles. The van der Waals surface area contributed by atoms with Crippen LogP contribution < -0.4 is 5.32 Å². The Morgan fingerprint density at radius 1 is 1.35 bits per heavy atom. The van der Waals surface area contributed by atoms with Crippen molar-refractivity contribution in [3.63, 3.8) is 0 Å². The Bertz CT molecular complexity index is 818. The van der Waals surface area contributed by atoms with Gasteiger partial charge in [0.05, 0.1) is 0 Å². The van der Waals surface area contributed by atoms with Gasteiger partial charge in [-0.25, -0.2) is 0 Å². The largest absolute Gasteiger partial charge is 0.340 e. The van der Waals surface area contributed by atoms with Crippen molar-refractivity contribution in [2.75, 3.05) is 19.6 Å². The molecular formula is C21H28ClN3O. The summed E-state index contributed by atoms with van der Waals surface area (Å²) in [5.74, 6) is 0.917.